The van der Waals surface area contributed by atoms with Gasteiger partial charge in [-0.05, 0) is 27.8 Å². The molecule has 0 spiro atoms. The summed E-state index contributed by atoms with van der Waals surface area (Å²) < 4.78 is 17.2. The monoisotopic (exact) mass is 448 g/mol. The first-order chi connectivity index (χ1) is 15.0. The Hall–Kier alpha value is -2.36. The van der Waals surface area contributed by atoms with E-state index in [1.54, 1.807) is 11.3 Å². The molecule has 1 aromatic carbocycles. The average molecular weight is 449 g/mol. The van der Waals surface area contributed by atoms with E-state index in [0.29, 0.717) is 44.4 Å². The molecule has 1 aliphatic heterocycles. The Bertz CT molecular complexity index is 867. The minimum absolute atomic E-state index is 0.105. The molecule has 31 heavy (non-hydrogen) atoms. The van der Waals surface area contributed by atoms with Gasteiger partial charge in [-0.1, -0.05) is 0 Å². The minimum Gasteiger partial charge on any atom is -0.492 e. The number of rotatable bonds is 10. The van der Waals surface area contributed by atoms with Gasteiger partial charge in [-0.2, -0.15) is 0 Å². The van der Waals surface area contributed by atoms with Crippen LogP contribution in [0, 0.1) is 6.92 Å². The minimum atomic E-state index is -0.105. The van der Waals surface area contributed by atoms with Gasteiger partial charge in [0.15, 0.2) is 0 Å². The molecular formula is C22H32N4O4S. The predicted octanol–water partition coefficient (Wildman–Crippen LogP) is 3.16. The Morgan fingerprint density at radius 1 is 1.23 bits per heavy atom. The summed E-state index contributed by atoms with van der Waals surface area (Å²) in [5.41, 5.74) is 1.58. The van der Waals surface area contributed by atoms with Crippen LogP contribution in [0.3, 0.4) is 0 Å². The van der Waals surface area contributed by atoms with E-state index in [1.807, 2.05) is 51.0 Å². The summed E-state index contributed by atoms with van der Waals surface area (Å²) in [7, 11) is 1.92. The highest BCUT2D eigenvalue weighted by atomic mass is 32.1. The number of aromatic nitrogens is 1. The first-order valence-electron chi connectivity index (χ1n) is 10.7. The topological polar surface area (TPSA) is 76.2 Å². The van der Waals surface area contributed by atoms with Gasteiger partial charge in [0.25, 0.3) is 0 Å². The lowest BCUT2D eigenvalue weighted by molar-refractivity contribution is -0.117. The predicted molar refractivity (Wildman–Crippen MR) is 124 cm³/mol. The molecule has 1 fully saturated rings. The van der Waals surface area contributed by atoms with Crippen LogP contribution in [0.1, 0.15) is 23.7 Å². The van der Waals surface area contributed by atoms with Gasteiger partial charge >= 0.3 is 0 Å². The van der Waals surface area contributed by atoms with Gasteiger partial charge in [-0.25, -0.2) is 4.98 Å². The zero-order valence-electron chi connectivity index (χ0n) is 18.8. The van der Waals surface area contributed by atoms with Gasteiger partial charge in [0.2, 0.25) is 5.91 Å². The third-order valence-electron chi connectivity index (χ3n) is 4.80. The van der Waals surface area contributed by atoms with Crippen LogP contribution >= 0.6 is 11.3 Å². The van der Waals surface area contributed by atoms with Gasteiger partial charge in [-0.15, -0.1) is 11.3 Å². The molecule has 9 heteroatoms. The van der Waals surface area contributed by atoms with E-state index in [0.717, 1.165) is 34.4 Å². The number of nitrogens with zero attached hydrogens (tertiary/aromatic N) is 3. The van der Waals surface area contributed by atoms with Crippen molar-refractivity contribution in [3.05, 3.63) is 28.2 Å². The highest BCUT2D eigenvalue weighted by Crippen LogP contribution is 2.39. The molecule has 1 aliphatic rings. The van der Waals surface area contributed by atoms with Crippen molar-refractivity contribution in [2.75, 3.05) is 63.3 Å². The number of amides is 1. The molecule has 1 aromatic heterocycles. The lowest BCUT2D eigenvalue weighted by atomic mass is 10.2. The van der Waals surface area contributed by atoms with Gasteiger partial charge in [0, 0.05) is 42.8 Å². The molecule has 170 valence electrons. The molecule has 0 unspecified atom stereocenters. The van der Waals surface area contributed by atoms with Crippen molar-refractivity contribution in [3.63, 3.8) is 0 Å². The quantitative estimate of drug-likeness (QED) is 0.598. The number of carbonyl (C=O) groups is 1. The van der Waals surface area contributed by atoms with Crippen molar-refractivity contribution < 1.29 is 19.0 Å². The first kappa shape index (κ1) is 23.3. The second-order valence-electron chi connectivity index (χ2n) is 7.35. The molecule has 2 aromatic rings. The second kappa shape index (κ2) is 11.3. The van der Waals surface area contributed by atoms with Crippen LogP contribution < -0.4 is 19.7 Å². The number of morpholine rings is 1. The van der Waals surface area contributed by atoms with Crippen LogP contribution in [0.4, 0.5) is 11.4 Å². The first-order valence-corrected chi connectivity index (χ1v) is 11.5. The zero-order chi connectivity index (χ0) is 22.2. The summed E-state index contributed by atoms with van der Waals surface area (Å²) in [6.07, 6.45) is 1.86. The van der Waals surface area contributed by atoms with Crippen LogP contribution in [0.25, 0.3) is 0 Å². The second-order valence-corrected chi connectivity index (χ2v) is 8.67. The summed E-state index contributed by atoms with van der Waals surface area (Å²) in [6.45, 7) is 10.8. The van der Waals surface area contributed by atoms with E-state index < -0.39 is 0 Å². The molecule has 1 N–H and O–H groups in total. The molecule has 0 radical (unpaired) electrons. The Balaban J connectivity index is 1.74. The van der Waals surface area contributed by atoms with E-state index in [4.69, 9.17) is 14.2 Å². The summed E-state index contributed by atoms with van der Waals surface area (Å²) >= 11 is 1.64. The SMILES string of the molecule is CCOc1cc(N2CCOCC2)c(OCC)cc1NC(=O)CN(C)Cc1cnc(C)s1. The third kappa shape index (κ3) is 6.56. The van der Waals surface area contributed by atoms with Gasteiger partial charge in [0.1, 0.15) is 11.5 Å². The Labute approximate surface area is 188 Å². The average Bonchev–Trinajstić information content (AvgIpc) is 3.15. The maximum absolute atomic E-state index is 12.7. The molecule has 3 rings (SSSR count). The molecule has 1 saturated heterocycles. The molecule has 2 heterocycles. The smallest absolute Gasteiger partial charge is 0.238 e. The number of thiazole rings is 1. The fraction of sp³-hybridized carbons (Fsp3) is 0.545. The van der Waals surface area contributed by atoms with Crippen molar-refractivity contribution in [3.8, 4) is 11.5 Å². The molecule has 0 bridgehead atoms. The fourth-order valence-corrected chi connectivity index (χ4v) is 4.35. The summed E-state index contributed by atoms with van der Waals surface area (Å²) in [6, 6.07) is 3.82. The van der Waals surface area contributed by atoms with E-state index in [2.05, 4.69) is 15.2 Å². The summed E-state index contributed by atoms with van der Waals surface area (Å²) in [5, 5.41) is 4.03. The van der Waals surface area contributed by atoms with Crippen LogP contribution in [0.15, 0.2) is 18.3 Å². The van der Waals surface area contributed by atoms with E-state index >= 15 is 0 Å². The Kier molecular flexibility index (Phi) is 8.51. The van der Waals surface area contributed by atoms with Crippen LogP contribution in [0.5, 0.6) is 11.5 Å². The lowest BCUT2D eigenvalue weighted by Gasteiger charge is -2.31. The highest BCUT2D eigenvalue weighted by Gasteiger charge is 2.21. The fourth-order valence-electron chi connectivity index (χ4n) is 3.48. The molecule has 1 amide bonds. The lowest BCUT2D eigenvalue weighted by Crippen LogP contribution is -2.36. The van der Waals surface area contributed by atoms with Crippen LogP contribution in [0.2, 0.25) is 0 Å². The third-order valence-corrected chi connectivity index (χ3v) is 5.69. The maximum Gasteiger partial charge on any atom is 0.238 e. The van der Waals surface area contributed by atoms with Gasteiger partial charge in [-0.3, -0.25) is 9.69 Å². The number of aryl methyl sites for hydroxylation is 1. The van der Waals surface area contributed by atoms with Crippen molar-refractivity contribution in [2.45, 2.75) is 27.3 Å². The standard InChI is InChI=1S/C22H32N4O4S/c1-5-29-20-12-19(26-7-9-28-10-8-26)21(30-6-2)11-18(20)24-22(27)15-25(4)14-17-13-23-16(3)31-17/h11-13H,5-10,14-15H2,1-4H3,(H,24,27). The zero-order valence-corrected chi connectivity index (χ0v) is 19.6. The van der Waals surface area contributed by atoms with Crippen LogP contribution in [-0.2, 0) is 16.1 Å². The van der Waals surface area contributed by atoms with E-state index in [1.165, 1.54) is 0 Å². The van der Waals surface area contributed by atoms with Crippen molar-refractivity contribution in [2.24, 2.45) is 0 Å². The number of hydrogen-bond acceptors (Lipinski definition) is 8. The number of anilines is 2. The molecule has 0 atom stereocenters. The molecule has 8 nitrogen and oxygen atoms in total. The number of likely N-dealkylation sites (N-methyl/N-ethyl adjacent to an activating group) is 1. The van der Waals surface area contributed by atoms with Gasteiger partial charge in [0.05, 0.1) is 49.4 Å². The summed E-state index contributed by atoms with van der Waals surface area (Å²) in [5.74, 6) is 1.27. The van der Waals surface area contributed by atoms with Gasteiger partial charge < -0.3 is 24.4 Å². The number of nitrogens with one attached hydrogen (secondary N) is 1. The summed E-state index contributed by atoms with van der Waals surface area (Å²) in [4.78, 5) is 22.3. The normalized spacial score (nSPS) is 14.0. The van der Waals surface area contributed by atoms with E-state index in [9.17, 15) is 4.79 Å². The van der Waals surface area contributed by atoms with Crippen molar-refractivity contribution in [1.82, 2.24) is 9.88 Å². The largest absolute Gasteiger partial charge is 0.492 e. The number of carbonyl (C=O) groups excluding carboxylic acids is 1. The van der Waals surface area contributed by atoms with E-state index in [-0.39, 0.29) is 12.5 Å². The molecule has 0 aliphatic carbocycles. The molecular weight excluding hydrogens is 416 g/mol. The number of hydrogen-bond donors (Lipinski definition) is 1. The number of benzene rings is 1. The Morgan fingerprint density at radius 3 is 2.58 bits per heavy atom. The number of ether oxygens (including phenoxy) is 3. The van der Waals surface area contributed by atoms with Crippen molar-refractivity contribution >= 4 is 28.6 Å². The highest BCUT2D eigenvalue weighted by molar-refractivity contribution is 7.11. The van der Waals surface area contributed by atoms with Crippen LogP contribution in [-0.4, -0.2) is 68.9 Å². The maximum atomic E-state index is 12.7. The molecule has 0 saturated carbocycles. The van der Waals surface area contributed by atoms with Crippen molar-refractivity contribution in [1.29, 1.82) is 0 Å². The Morgan fingerprint density at radius 2 is 1.94 bits per heavy atom.